The number of amides is 1. The molecule has 0 aromatic carbocycles. The number of nitrogens with zero attached hydrogens (tertiary/aromatic N) is 1. The van der Waals surface area contributed by atoms with Crippen LogP contribution in [0, 0.1) is 0 Å². The molecule has 2 heteroatoms. The molecule has 0 aromatic heterocycles. The maximum atomic E-state index is 11.8. The van der Waals surface area contributed by atoms with E-state index < -0.39 is 0 Å². The molecule has 1 rings (SSSR count). The van der Waals surface area contributed by atoms with E-state index in [9.17, 15) is 4.79 Å². The molecule has 0 radical (unpaired) electrons. The minimum absolute atomic E-state index is 0.295. The number of hydrogen-bond acceptors (Lipinski definition) is 1. The second kappa shape index (κ2) is 5.84. The fraction of sp³-hybridized carbons (Fsp3) is 0.750. The maximum absolute atomic E-state index is 11.8. The Morgan fingerprint density at radius 1 is 1.43 bits per heavy atom. The van der Waals surface area contributed by atoms with Gasteiger partial charge in [-0.2, -0.15) is 0 Å². The molecule has 0 unspecified atom stereocenters. The molecule has 0 atom stereocenters. The van der Waals surface area contributed by atoms with Crippen LogP contribution in [-0.4, -0.2) is 17.4 Å². The summed E-state index contributed by atoms with van der Waals surface area (Å²) in [6.45, 7) is 4.94. The van der Waals surface area contributed by atoms with Crippen molar-refractivity contribution < 1.29 is 4.79 Å². The highest BCUT2D eigenvalue weighted by Gasteiger charge is 2.16. The number of allylic oxidation sites excluding steroid dienone is 2. The van der Waals surface area contributed by atoms with Crippen LogP contribution in [0.4, 0.5) is 0 Å². The van der Waals surface area contributed by atoms with Crippen LogP contribution in [0.1, 0.15) is 52.4 Å². The normalized spacial score (nSPS) is 16.3. The van der Waals surface area contributed by atoms with Gasteiger partial charge in [0.2, 0.25) is 5.91 Å². The Morgan fingerprint density at radius 3 is 2.71 bits per heavy atom. The number of carbonyl (C=O) groups is 1. The van der Waals surface area contributed by atoms with E-state index in [4.69, 9.17) is 0 Å². The highest BCUT2D eigenvalue weighted by atomic mass is 16.2. The Kier molecular flexibility index (Phi) is 4.71. The van der Waals surface area contributed by atoms with E-state index in [1.54, 1.807) is 0 Å². The van der Waals surface area contributed by atoms with Crippen LogP contribution in [0.3, 0.4) is 0 Å². The summed E-state index contributed by atoms with van der Waals surface area (Å²) < 4.78 is 0. The zero-order valence-electron chi connectivity index (χ0n) is 9.38. The van der Waals surface area contributed by atoms with Crippen LogP contribution in [0.2, 0.25) is 0 Å². The van der Waals surface area contributed by atoms with Gasteiger partial charge in [-0.3, -0.25) is 4.79 Å². The summed E-state index contributed by atoms with van der Waals surface area (Å²) >= 11 is 0. The quantitative estimate of drug-likeness (QED) is 0.675. The summed E-state index contributed by atoms with van der Waals surface area (Å²) in [5, 5.41) is 0. The van der Waals surface area contributed by atoms with E-state index in [1.165, 1.54) is 18.5 Å². The summed E-state index contributed by atoms with van der Waals surface area (Å²) in [6.07, 6.45) is 8.62. The molecule has 2 nitrogen and oxygen atoms in total. The summed E-state index contributed by atoms with van der Waals surface area (Å²) in [6, 6.07) is 0. The molecule has 0 aliphatic heterocycles. The second-order valence-electron chi connectivity index (χ2n) is 3.83. The van der Waals surface area contributed by atoms with E-state index in [-0.39, 0.29) is 0 Å². The van der Waals surface area contributed by atoms with Crippen molar-refractivity contribution in [2.24, 2.45) is 0 Å². The van der Waals surface area contributed by atoms with Gasteiger partial charge in [0.1, 0.15) is 0 Å². The first-order chi connectivity index (χ1) is 6.79. The van der Waals surface area contributed by atoms with Crippen LogP contribution < -0.4 is 0 Å². The minimum atomic E-state index is 0.295. The second-order valence-corrected chi connectivity index (χ2v) is 3.83. The SMILES string of the molecule is CCCC(=O)N(CC)C1=CCCCC1. The van der Waals surface area contributed by atoms with E-state index in [1.807, 2.05) is 4.90 Å². The smallest absolute Gasteiger partial charge is 0.226 e. The predicted molar refractivity (Wildman–Crippen MR) is 58.8 cm³/mol. The first-order valence-electron chi connectivity index (χ1n) is 5.79. The Balaban J connectivity index is 2.60. The minimum Gasteiger partial charge on any atom is -0.317 e. The molecule has 1 aliphatic rings. The van der Waals surface area contributed by atoms with Gasteiger partial charge in [-0.15, -0.1) is 0 Å². The molecule has 0 fully saturated rings. The van der Waals surface area contributed by atoms with Crippen LogP contribution in [0.5, 0.6) is 0 Å². The average molecular weight is 195 g/mol. The van der Waals surface area contributed by atoms with Crippen LogP contribution >= 0.6 is 0 Å². The lowest BCUT2D eigenvalue weighted by molar-refractivity contribution is -0.129. The van der Waals surface area contributed by atoms with Gasteiger partial charge in [0.15, 0.2) is 0 Å². The lowest BCUT2D eigenvalue weighted by Crippen LogP contribution is -2.30. The van der Waals surface area contributed by atoms with Gasteiger partial charge in [0.25, 0.3) is 0 Å². The molecular weight excluding hydrogens is 174 g/mol. The van der Waals surface area contributed by atoms with Crippen molar-refractivity contribution in [3.8, 4) is 0 Å². The van der Waals surface area contributed by atoms with Gasteiger partial charge in [0.05, 0.1) is 0 Å². The van der Waals surface area contributed by atoms with Crippen molar-refractivity contribution in [3.05, 3.63) is 11.8 Å². The van der Waals surface area contributed by atoms with Crippen LogP contribution in [0.25, 0.3) is 0 Å². The first-order valence-corrected chi connectivity index (χ1v) is 5.79. The molecule has 80 valence electrons. The lowest BCUT2D eigenvalue weighted by atomic mass is 10.0. The number of carbonyl (C=O) groups excluding carboxylic acids is 1. The molecule has 0 saturated carbocycles. The predicted octanol–water partition coefficient (Wildman–Crippen LogP) is 3.09. The van der Waals surface area contributed by atoms with Crippen molar-refractivity contribution in [2.75, 3.05) is 6.54 Å². The zero-order valence-corrected chi connectivity index (χ0v) is 9.38. The summed E-state index contributed by atoms with van der Waals surface area (Å²) in [5.74, 6) is 0.295. The third kappa shape index (κ3) is 2.86. The number of hydrogen-bond donors (Lipinski definition) is 0. The van der Waals surface area contributed by atoms with E-state index in [0.29, 0.717) is 12.3 Å². The monoisotopic (exact) mass is 195 g/mol. The van der Waals surface area contributed by atoms with Crippen LogP contribution in [0.15, 0.2) is 11.8 Å². The Bertz CT molecular complexity index is 220. The molecule has 14 heavy (non-hydrogen) atoms. The molecule has 0 N–H and O–H groups in total. The van der Waals surface area contributed by atoms with Gasteiger partial charge >= 0.3 is 0 Å². The van der Waals surface area contributed by atoms with Crippen LogP contribution in [-0.2, 0) is 4.79 Å². The highest BCUT2D eigenvalue weighted by molar-refractivity contribution is 5.78. The lowest BCUT2D eigenvalue weighted by Gasteiger charge is -2.26. The first kappa shape index (κ1) is 11.3. The topological polar surface area (TPSA) is 20.3 Å². The molecule has 0 aromatic rings. The fourth-order valence-corrected chi connectivity index (χ4v) is 1.95. The number of rotatable bonds is 4. The average Bonchev–Trinajstić information content (AvgIpc) is 2.21. The molecule has 0 heterocycles. The van der Waals surface area contributed by atoms with Crippen molar-refractivity contribution in [1.82, 2.24) is 4.90 Å². The zero-order chi connectivity index (χ0) is 10.4. The van der Waals surface area contributed by atoms with Gasteiger partial charge < -0.3 is 4.90 Å². The summed E-state index contributed by atoms with van der Waals surface area (Å²) in [7, 11) is 0. The maximum Gasteiger partial charge on any atom is 0.226 e. The fourth-order valence-electron chi connectivity index (χ4n) is 1.95. The van der Waals surface area contributed by atoms with Crippen molar-refractivity contribution >= 4 is 5.91 Å². The van der Waals surface area contributed by atoms with Crippen molar-refractivity contribution in [3.63, 3.8) is 0 Å². The largest absolute Gasteiger partial charge is 0.317 e. The standard InChI is InChI=1S/C12H21NO/c1-3-8-12(14)13(4-2)11-9-6-5-7-10-11/h9H,3-8,10H2,1-2H3. The van der Waals surface area contributed by atoms with E-state index in [2.05, 4.69) is 19.9 Å². The molecular formula is C12H21NO. The Morgan fingerprint density at radius 2 is 2.21 bits per heavy atom. The summed E-state index contributed by atoms with van der Waals surface area (Å²) in [5.41, 5.74) is 1.26. The van der Waals surface area contributed by atoms with E-state index >= 15 is 0 Å². The highest BCUT2D eigenvalue weighted by Crippen LogP contribution is 2.21. The van der Waals surface area contributed by atoms with Crippen molar-refractivity contribution in [1.29, 1.82) is 0 Å². The van der Waals surface area contributed by atoms with E-state index in [0.717, 1.165) is 25.8 Å². The van der Waals surface area contributed by atoms with Gasteiger partial charge in [-0.25, -0.2) is 0 Å². The third-order valence-corrected chi connectivity index (χ3v) is 2.69. The molecule has 0 spiro atoms. The van der Waals surface area contributed by atoms with Crippen molar-refractivity contribution in [2.45, 2.75) is 52.4 Å². The van der Waals surface area contributed by atoms with Gasteiger partial charge in [-0.05, 0) is 39.0 Å². The molecule has 0 saturated heterocycles. The molecule has 1 aliphatic carbocycles. The van der Waals surface area contributed by atoms with Gasteiger partial charge in [-0.1, -0.05) is 13.0 Å². The Labute approximate surface area is 87.0 Å². The van der Waals surface area contributed by atoms with Gasteiger partial charge in [0, 0.05) is 18.7 Å². The summed E-state index contributed by atoms with van der Waals surface area (Å²) in [4.78, 5) is 13.7. The molecule has 1 amide bonds. The Hall–Kier alpha value is -0.790. The molecule has 0 bridgehead atoms. The third-order valence-electron chi connectivity index (χ3n) is 2.69.